The van der Waals surface area contributed by atoms with E-state index in [4.69, 9.17) is 11.6 Å². The van der Waals surface area contributed by atoms with Crippen molar-refractivity contribution >= 4 is 11.6 Å². The zero-order valence-electron chi connectivity index (χ0n) is 12.2. The third kappa shape index (κ3) is 2.87. The van der Waals surface area contributed by atoms with Gasteiger partial charge in [-0.3, -0.25) is 0 Å². The van der Waals surface area contributed by atoms with Crippen LogP contribution in [-0.2, 0) is 0 Å². The first-order valence-corrected chi connectivity index (χ1v) is 7.01. The van der Waals surface area contributed by atoms with Crippen molar-refractivity contribution in [2.24, 2.45) is 0 Å². The Balaban J connectivity index is 2.58. The molecule has 0 saturated heterocycles. The molecular formula is C17H19ClFN. The molecule has 2 aromatic rings. The van der Waals surface area contributed by atoms with Crippen LogP contribution in [0.5, 0.6) is 0 Å². The van der Waals surface area contributed by atoms with Crippen LogP contribution < -0.4 is 5.32 Å². The summed E-state index contributed by atoms with van der Waals surface area (Å²) >= 11 is 5.83. The minimum atomic E-state index is -0.281. The van der Waals surface area contributed by atoms with Gasteiger partial charge in [0.2, 0.25) is 0 Å². The van der Waals surface area contributed by atoms with Crippen molar-refractivity contribution in [1.82, 2.24) is 5.32 Å². The maximum absolute atomic E-state index is 14.2. The molecule has 0 aliphatic carbocycles. The molecule has 2 rings (SSSR count). The number of benzene rings is 2. The van der Waals surface area contributed by atoms with Crippen molar-refractivity contribution < 1.29 is 4.39 Å². The maximum Gasteiger partial charge on any atom is 0.129 e. The summed E-state index contributed by atoms with van der Waals surface area (Å²) in [5.74, 6) is -0.281. The SMILES string of the molecule is CNC(c1ccc(Cl)cc1F)c1c(C)cc(C)cc1C. The number of halogens is 2. The lowest BCUT2D eigenvalue weighted by atomic mass is 9.90. The van der Waals surface area contributed by atoms with E-state index >= 15 is 0 Å². The molecule has 0 amide bonds. The van der Waals surface area contributed by atoms with E-state index in [9.17, 15) is 4.39 Å². The molecule has 0 fully saturated rings. The van der Waals surface area contributed by atoms with E-state index in [1.165, 1.54) is 11.6 Å². The summed E-state index contributed by atoms with van der Waals surface area (Å²) in [5, 5.41) is 3.63. The predicted octanol–water partition coefficient (Wildman–Crippen LogP) is 4.71. The molecule has 0 saturated carbocycles. The molecule has 106 valence electrons. The molecule has 0 bridgehead atoms. The lowest BCUT2D eigenvalue weighted by Gasteiger charge is -2.23. The molecule has 0 aromatic heterocycles. The monoisotopic (exact) mass is 291 g/mol. The normalized spacial score (nSPS) is 12.5. The number of aryl methyl sites for hydroxylation is 3. The molecule has 20 heavy (non-hydrogen) atoms. The minimum absolute atomic E-state index is 0.173. The highest BCUT2D eigenvalue weighted by Gasteiger charge is 2.20. The third-order valence-corrected chi connectivity index (χ3v) is 3.82. The largest absolute Gasteiger partial charge is 0.309 e. The standard InChI is InChI=1S/C17H19ClFN/c1-10-7-11(2)16(12(3)8-10)17(20-4)14-6-5-13(18)9-15(14)19/h5-9,17,20H,1-4H3. The van der Waals surface area contributed by atoms with Crippen molar-refractivity contribution in [2.45, 2.75) is 26.8 Å². The van der Waals surface area contributed by atoms with E-state index in [1.807, 2.05) is 7.05 Å². The number of hydrogen-bond acceptors (Lipinski definition) is 1. The van der Waals surface area contributed by atoms with Crippen LogP contribution in [0.2, 0.25) is 5.02 Å². The van der Waals surface area contributed by atoms with Crippen molar-refractivity contribution in [3.8, 4) is 0 Å². The Morgan fingerprint density at radius 3 is 2.15 bits per heavy atom. The second-order valence-electron chi connectivity index (χ2n) is 5.20. The highest BCUT2D eigenvalue weighted by Crippen LogP contribution is 2.31. The molecule has 1 atom stereocenters. The van der Waals surface area contributed by atoms with Gasteiger partial charge in [0.1, 0.15) is 5.82 Å². The second kappa shape index (κ2) is 5.94. The van der Waals surface area contributed by atoms with Gasteiger partial charge in [0.25, 0.3) is 0 Å². The predicted molar refractivity (Wildman–Crippen MR) is 83.0 cm³/mol. The lowest BCUT2D eigenvalue weighted by molar-refractivity contribution is 0.574. The van der Waals surface area contributed by atoms with Crippen LogP contribution in [0, 0.1) is 26.6 Å². The average molecular weight is 292 g/mol. The van der Waals surface area contributed by atoms with Gasteiger partial charge in [-0.1, -0.05) is 35.4 Å². The number of nitrogens with one attached hydrogen (secondary N) is 1. The number of rotatable bonds is 3. The highest BCUT2D eigenvalue weighted by atomic mass is 35.5. The highest BCUT2D eigenvalue weighted by molar-refractivity contribution is 6.30. The van der Waals surface area contributed by atoms with E-state index in [0.29, 0.717) is 10.6 Å². The molecule has 3 heteroatoms. The number of hydrogen-bond donors (Lipinski definition) is 1. The van der Waals surface area contributed by atoms with Crippen molar-refractivity contribution in [3.63, 3.8) is 0 Å². The smallest absolute Gasteiger partial charge is 0.129 e. The fourth-order valence-corrected chi connectivity index (χ4v) is 3.00. The minimum Gasteiger partial charge on any atom is -0.309 e. The Bertz CT molecular complexity index is 614. The van der Waals surface area contributed by atoms with Gasteiger partial charge in [0, 0.05) is 10.6 Å². The van der Waals surface area contributed by atoms with Crippen molar-refractivity contribution in [1.29, 1.82) is 0 Å². The van der Waals surface area contributed by atoms with Crippen LogP contribution in [0.3, 0.4) is 0 Å². The van der Waals surface area contributed by atoms with Gasteiger partial charge < -0.3 is 5.32 Å². The topological polar surface area (TPSA) is 12.0 Å². The van der Waals surface area contributed by atoms with Crippen LogP contribution in [0.15, 0.2) is 30.3 Å². The van der Waals surface area contributed by atoms with Crippen LogP contribution in [0.4, 0.5) is 4.39 Å². The molecule has 1 unspecified atom stereocenters. The van der Waals surface area contributed by atoms with Crippen molar-refractivity contribution in [3.05, 3.63) is 69.0 Å². The average Bonchev–Trinajstić information content (AvgIpc) is 2.34. The fraction of sp³-hybridized carbons (Fsp3) is 0.294. The molecular weight excluding hydrogens is 273 g/mol. The Kier molecular flexibility index (Phi) is 4.46. The first-order valence-electron chi connectivity index (χ1n) is 6.64. The second-order valence-corrected chi connectivity index (χ2v) is 5.64. The van der Waals surface area contributed by atoms with E-state index in [1.54, 1.807) is 12.1 Å². The van der Waals surface area contributed by atoms with Crippen LogP contribution in [0.25, 0.3) is 0 Å². The van der Waals surface area contributed by atoms with Crippen LogP contribution >= 0.6 is 11.6 Å². The quantitative estimate of drug-likeness (QED) is 0.863. The van der Waals surface area contributed by atoms with Gasteiger partial charge >= 0.3 is 0 Å². The summed E-state index contributed by atoms with van der Waals surface area (Å²) in [6, 6.07) is 8.91. The summed E-state index contributed by atoms with van der Waals surface area (Å²) in [7, 11) is 1.84. The maximum atomic E-state index is 14.2. The Morgan fingerprint density at radius 1 is 1.05 bits per heavy atom. The molecule has 0 spiro atoms. The van der Waals surface area contributed by atoms with Gasteiger partial charge in [0.15, 0.2) is 0 Å². The molecule has 1 nitrogen and oxygen atoms in total. The lowest BCUT2D eigenvalue weighted by Crippen LogP contribution is -2.21. The van der Waals surface area contributed by atoms with E-state index < -0.39 is 0 Å². The van der Waals surface area contributed by atoms with Gasteiger partial charge in [-0.05, 0) is 56.6 Å². The van der Waals surface area contributed by atoms with E-state index in [0.717, 1.165) is 16.7 Å². The summed E-state index contributed by atoms with van der Waals surface area (Å²) in [5.41, 5.74) is 5.29. The molecule has 0 aliphatic heterocycles. The van der Waals surface area contributed by atoms with Crippen molar-refractivity contribution in [2.75, 3.05) is 7.05 Å². The van der Waals surface area contributed by atoms with Gasteiger partial charge in [-0.2, -0.15) is 0 Å². The summed E-state index contributed by atoms with van der Waals surface area (Å²) in [4.78, 5) is 0. The zero-order chi connectivity index (χ0) is 14.9. The molecule has 1 N–H and O–H groups in total. The molecule has 0 radical (unpaired) electrons. The Hall–Kier alpha value is -1.38. The molecule has 0 heterocycles. The summed E-state index contributed by atoms with van der Waals surface area (Å²) < 4.78 is 14.2. The first-order chi connectivity index (χ1) is 9.43. The zero-order valence-corrected chi connectivity index (χ0v) is 13.0. The van der Waals surface area contributed by atoms with Gasteiger partial charge in [-0.25, -0.2) is 4.39 Å². The van der Waals surface area contributed by atoms with E-state index in [2.05, 4.69) is 38.2 Å². The van der Waals surface area contributed by atoms with Gasteiger partial charge in [-0.15, -0.1) is 0 Å². The Labute approximate surface area is 124 Å². The van der Waals surface area contributed by atoms with Crippen LogP contribution in [0.1, 0.15) is 33.9 Å². The summed E-state index contributed by atoms with van der Waals surface area (Å²) in [6.07, 6.45) is 0. The molecule has 2 aromatic carbocycles. The molecule has 0 aliphatic rings. The third-order valence-electron chi connectivity index (χ3n) is 3.59. The Morgan fingerprint density at radius 2 is 1.65 bits per heavy atom. The summed E-state index contributed by atoms with van der Waals surface area (Å²) in [6.45, 7) is 6.20. The first kappa shape index (κ1) is 15.0. The van der Waals surface area contributed by atoms with Gasteiger partial charge in [0.05, 0.1) is 6.04 Å². The fourth-order valence-electron chi connectivity index (χ4n) is 2.84. The van der Waals surface area contributed by atoms with Crippen LogP contribution in [-0.4, -0.2) is 7.05 Å². The van der Waals surface area contributed by atoms with E-state index in [-0.39, 0.29) is 11.9 Å².